The summed E-state index contributed by atoms with van der Waals surface area (Å²) >= 11 is 5.67. The molecule has 16 heavy (non-hydrogen) atoms. The van der Waals surface area contributed by atoms with Crippen LogP contribution in [0.25, 0.3) is 17.2 Å². The summed E-state index contributed by atoms with van der Waals surface area (Å²) in [6, 6.07) is 6.52. The molecular formula is C10H6ClN3O2. The number of hydrogen-bond acceptors (Lipinski definition) is 4. The van der Waals surface area contributed by atoms with Gasteiger partial charge in [0.1, 0.15) is 5.75 Å². The zero-order valence-corrected chi connectivity index (χ0v) is 8.72. The third-order valence-corrected chi connectivity index (χ3v) is 2.31. The van der Waals surface area contributed by atoms with Crippen molar-refractivity contribution in [2.45, 2.75) is 0 Å². The molecule has 0 bridgehead atoms. The van der Waals surface area contributed by atoms with Crippen LogP contribution in [0.5, 0.6) is 5.75 Å². The van der Waals surface area contributed by atoms with Gasteiger partial charge in [-0.15, -0.1) is 5.10 Å². The summed E-state index contributed by atoms with van der Waals surface area (Å²) in [5, 5.41) is 13.7. The van der Waals surface area contributed by atoms with Gasteiger partial charge in [-0.05, 0) is 35.9 Å². The molecule has 3 rings (SSSR count). The average Bonchev–Trinajstić information content (AvgIpc) is 2.83. The van der Waals surface area contributed by atoms with Gasteiger partial charge in [0.15, 0.2) is 16.6 Å². The average molecular weight is 236 g/mol. The Morgan fingerprint density at radius 3 is 2.88 bits per heavy atom. The van der Waals surface area contributed by atoms with Gasteiger partial charge in [0.25, 0.3) is 0 Å². The first-order chi connectivity index (χ1) is 7.72. The molecule has 3 aromatic rings. The predicted molar refractivity (Wildman–Crippen MR) is 57.4 cm³/mol. The Balaban J connectivity index is 2.18. The van der Waals surface area contributed by atoms with Crippen LogP contribution in [-0.4, -0.2) is 19.7 Å². The summed E-state index contributed by atoms with van der Waals surface area (Å²) in [6.07, 6.45) is 1.47. The summed E-state index contributed by atoms with van der Waals surface area (Å²) in [4.78, 5) is 4.23. The quantitative estimate of drug-likeness (QED) is 0.703. The highest BCUT2D eigenvalue weighted by Gasteiger charge is 2.10. The monoisotopic (exact) mass is 235 g/mol. The normalized spacial score (nSPS) is 11.1. The van der Waals surface area contributed by atoms with Crippen molar-refractivity contribution in [2.24, 2.45) is 0 Å². The van der Waals surface area contributed by atoms with Crippen molar-refractivity contribution >= 4 is 17.2 Å². The Morgan fingerprint density at radius 2 is 2.12 bits per heavy atom. The van der Waals surface area contributed by atoms with Gasteiger partial charge in [0.2, 0.25) is 5.82 Å². The molecule has 0 unspecified atom stereocenters. The lowest BCUT2D eigenvalue weighted by Gasteiger charge is -1.90. The topological polar surface area (TPSA) is 63.6 Å². The lowest BCUT2D eigenvalue weighted by atomic mass is 10.4. The van der Waals surface area contributed by atoms with Crippen LogP contribution < -0.4 is 0 Å². The molecule has 0 saturated heterocycles. The van der Waals surface area contributed by atoms with Gasteiger partial charge in [0, 0.05) is 0 Å². The van der Waals surface area contributed by atoms with Gasteiger partial charge in [0.05, 0.1) is 6.20 Å². The molecule has 3 heterocycles. The zero-order chi connectivity index (χ0) is 11.1. The minimum atomic E-state index is 0.126. The Hall–Kier alpha value is -2.01. The van der Waals surface area contributed by atoms with E-state index >= 15 is 0 Å². The minimum Gasteiger partial charge on any atom is -0.506 e. The zero-order valence-electron chi connectivity index (χ0n) is 7.96. The van der Waals surface area contributed by atoms with Gasteiger partial charge in [-0.25, -0.2) is 9.50 Å². The molecule has 5 nitrogen and oxygen atoms in total. The highest BCUT2D eigenvalue weighted by molar-refractivity contribution is 6.28. The third-order valence-electron chi connectivity index (χ3n) is 2.11. The number of pyridine rings is 1. The predicted octanol–water partition coefficient (Wildman–Crippen LogP) is 2.35. The number of nitrogens with zero attached hydrogens (tertiary/aromatic N) is 3. The number of hydrogen-bond donors (Lipinski definition) is 1. The number of aromatic nitrogens is 3. The van der Waals surface area contributed by atoms with E-state index in [1.54, 1.807) is 24.3 Å². The fourth-order valence-corrected chi connectivity index (χ4v) is 1.56. The van der Waals surface area contributed by atoms with E-state index in [9.17, 15) is 5.11 Å². The van der Waals surface area contributed by atoms with Crippen molar-refractivity contribution in [2.75, 3.05) is 0 Å². The Morgan fingerprint density at radius 1 is 1.25 bits per heavy atom. The maximum absolute atomic E-state index is 9.28. The summed E-state index contributed by atoms with van der Waals surface area (Å²) in [5.41, 5.74) is 0.625. The Kier molecular flexibility index (Phi) is 1.87. The van der Waals surface area contributed by atoms with E-state index in [1.807, 2.05) is 0 Å². The lowest BCUT2D eigenvalue weighted by molar-refractivity contribution is 0.470. The van der Waals surface area contributed by atoms with Crippen LogP contribution in [0.2, 0.25) is 5.22 Å². The van der Waals surface area contributed by atoms with Crippen LogP contribution in [-0.2, 0) is 0 Å². The van der Waals surface area contributed by atoms with Gasteiger partial charge >= 0.3 is 0 Å². The van der Waals surface area contributed by atoms with Crippen molar-refractivity contribution in [3.05, 3.63) is 35.7 Å². The molecule has 80 valence electrons. The molecule has 0 radical (unpaired) electrons. The molecule has 0 atom stereocenters. The summed E-state index contributed by atoms with van der Waals surface area (Å²) in [7, 11) is 0. The summed E-state index contributed by atoms with van der Waals surface area (Å²) in [6.45, 7) is 0. The van der Waals surface area contributed by atoms with Gasteiger partial charge < -0.3 is 9.52 Å². The first-order valence-corrected chi connectivity index (χ1v) is 4.91. The van der Waals surface area contributed by atoms with Crippen LogP contribution in [0, 0.1) is 0 Å². The smallest absolute Gasteiger partial charge is 0.217 e. The van der Waals surface area contributed by atoms with Gasteiger partial charge in [-0.2, -0.15) is 0 Å². The molecular weight excluding hydrogens is 230 g/mol. The maximum Gasteiger partial charge on any atom is 0.217 e. The molecule has 0 aliphatic heterocycles. The molecule has 6 heteroatoms. The van der Waals surface area contributed by atoms with E-state index in [-0.39, 0.29) is 11.0 Å². The fourth-order valence-electron chi connectivity index (χ4n) is 1.41. The van der Waals surface area contributed by atoms with E-state index in [4.69, 9.17) is 16.0 Å². The van der Waals surface area contributed by atoms with Crippen LogP contribution in [0.15, 0.2) is 34.9 Å². The largest absolute Gasteiger partial charge is 0.506 e. The molecule has 3 aromatic heterocycles. The Bertz CT molecular complexity index is 659. The number of rotatable bonds is 1. The molecule has 0 aliphatic carbocycles. The van der Waals surface area contributed by atoms with E-state index in [0.29, 0.717) is 17.2 Å². The number of aromatic hydroxyl groups is 1. The highest BCUT2D eigenvalue weighted by atomic mass is 35.5. The highest BCUT2D eigenvalue weighted by Crippen LogP contribution is 2.22. The summed E-state index contributed by atoms with van der Waals surface area (Å²) in [5.74, 6) is 1.05. The molecule has 0 aliphatic rings. The van der Waals surface area contributed by atoms with E-state index in [1.165, 1.54) is 10.7 Å². The molecule has 0 aromatic carbocycles. The first kappa shape index (κ1) is 9.23. The van der Waals surface area contributed by atoms with Crippen molar-refractivity contribution in [3.8, 4) is 17.3 Å². The molecule has 0 saturated carbocycles. The van der Waals surface area contributed by atoms with E-state index < -0.39 is 0 Å². The van der Waals surface area contributed by atoms with Crippen molar-refractivity contribution in [1.29, 1.82) is 0 Å². The van der Waals surface area contributed by atoms with Gasteiger partial charge in [-0.1, -0.05) is 0 Å². The van der Waals surface area contributed by atoms with Crippen LogP contribution in [0.3, 0.4) is 0 Å². The molecule has 0 spiro atoms. The van der Waals surface area contributed by atoms with Gasteiger partial charge in [-0.3, -0.25) is 0 Å². The Labute approximate surface area is 94.9 Å². The molecule has 1 N–H and O–H groups in total. The SMILES string of the molecule is Oc1ccc2nc(-c3ccc(Cl)o3)nn2c1. The number of furan rings is 1. The fraction of sp³-hybridized carbons (Fsp3) is 0. The van der Waals surface area contributed by atoms with Crippen LogP contribution in [0.4, 0.5) is 0 Å². The number of halogens is 1. The van der Waals surface area contributed by atoms with E-state index in [0.717, 1.165) is 0 Å². The first-order valence-electron chi connectivity index (χ1n) is 4.53. The standard InChI is InChI=1S/C10H6ClN3O2/c11-8-3-2-7(16-8)10-12-9-4-1-6(15)5-14(9)13-10/h1-5,15H. The second-order valence-electron chi connectivity index (χ2n) is 3.23. The lowest BCUT2D eigenvalue weighted by Crippen LogP contribution is -1.85. The maximum atomic E-state index is 9.28. The second-order valence-corrected chi connectivity index (χ2v) is 3.60. The molecule has 0 amide bonds. The van der Waals surface area contributed by atoms with Crippen molar-refractivity contribution in [3.63, 3.8) is 0 Å². The summed E-state index contributed by atoms with van der Waals surface area (Å²) < 4.78 is 6.67. The van der Waals surface area contributed by atoms with E-state index in [2.05, 4.69) is 10.1 Å². The minimum absolute atomic E-state index is 0.126. The second kappa shape index (κ2) is 3.24. The molecule has 0 fully saturated rings. The van der Waals surface area contributed by atoms with Crippen molar-refractivity contribution in [1.82, 2.24) is 14.6 Å². The van der Waals surface area contributed by atoms with Crippen molar-refractivity contribution < 1.29 is 9.52 Å². The third kappa shape index (κ3) is 1.42. The van der Waals surface area contributed by atoms with Crippen LogP contribution >= 0.6 is 11.6 Å². The van der Waals surface area contributed by atoms with Crippen LogP contribution in [0.1, 0.15) is 0 Å². The number of fused-ring (bicyclic) bond motifs is 1.